The van der Waals surface area contributed by atoms with Gasteiger partial charge in [0.15, 0.2) is 9.84 Å². The van der Waals surface area contributed by atoms with Gasteiger partial charge in [0, 0.05) is 24.4 Å². The maximum absolute atomic E-state index is 13.4. The molecule has 0 radical (unpaired) electrons. The monoisotopic (exact) mass is 602 g/mol. The van der Waals surface area contributed by atoms with Gasteiger partial charge in [-0.25, -0.2) is 13.4 Å². The first kappa shape index (κ1) is 30.7. The second kappa shape index (κ2) is 12.3. The predicted octanol–water partition coefficient (Wildman–Crippen LogP) is 3.05. The van der Waals surface area contributed by atoms with Crippen LogP contribution in [0.2, 0.25) is 0 Å². The van der Waals surface area contributed by atoms with Crippen molar-refractivity contribution in [3.05, 3.63) is 47.8 Å². The number of imidazole rings is 1. The number of hydrogen-bond acceptors (Lipinski definition) is 8. The molecule has 14 heteroatoms. The van der Waals surface area contributed by atoms with Crippen LogP contribution in [0.1, 0.15) is 22.3 Å². The number of benzene rings is 2. The Labute approximate surface area is 241 Å². The topological polar surface area (TPSA) is 129 Å². The molecule has 0 saturated carbocycles. The van der Waals surface area contributed by atoms with Crippen molar-refractivity contribution < 1.29 is 31.1 Å². The summed E-state index contributed by atoms with van der Waals surface area (Å²) >= 11 is 0. The van der Waals surface area contributed by atoms with Gasteiger partial charge in [-0.2, -0.15) is 18.4 Å². The molecule has 1 aromatic heterocycles. The summed E-state index contributed by atoms with van der Waals surface area (Å²) < 4.78 is 69.8. The molecule has 1 fully saturated rings. The summed E-state index contributed by atoms with van der Waals surface area (Å²) in [5.74, 6) is 5.10. The van der Waals surface area contributed by atoms with E-state index >= 15 is 0 Å². The Hall–Kier alpha value is -4.27. The molecule has 42 heavy (non-hydrogen) atoms. The molecule has 2 heterocycles. The first-order valence-corrected chi connectivity index (χ1v) is 14.7. The zero-order valence-corrected chi connectivity index (χ0v) is 23.9. The van der Waals surface area contributed by atoms with Crippen LogP contribution in [0.3, 0.4) is 0 Å². The number of alkyl halides is 3. The number of nitrogens with zero attached hydrogens (tertiary/aromatic N) is 4. The number of nitriles is 1. The first-order valence-electron chi connectivity index (χ1n) is 12.8. The highest BCUT2D eigenvalue weighted by atomic mass is 32.2. The molecule has 2 N–H and O–H groups in total. The second-order valence-electron chi connectivity index (χ2n) is 10.0. The summed E-state index contributed by atoms with van der Waals surface area (Å²) in [7, 11) is -0.149. The van der Waals surface area contributed by atoms with Crippen LogP contribution in [0, 0.1) is 29.1 Å². The van der Waals surface area contributed by atoms with Gasteiger partial charge in [-0.05, 0) is 50.3 Å². The van der Waals surface area contributed by atoms with Gasteiger partial charge in [-0.15, -0.1) is 0 Å². The first-order chi connectivity index (χ1) is 19.8. The number of nitrogens with one attached hydrogen (secondary N) is 2. The minimum absolute atomic E-state index is 0.0321. The molecule has 0 bridgehead atoms. The van der Waals surface area contributed by atoms with Crippen LogP contribution < -0.4 is 15.4 Å². The van der Waals surface area contributed by atoms with Gasteiger partial charge in [-0.3, -0.25) is 4.79 Å². The third kappa shape index (κ3) is 7.32. The molecule has 2 atom stereocenters. The Morgan fingerprint density at radius 1 is 1.26 bits per heavy atom. The van der Waals surface area contributed by atoms with E-state index in [0.717, 1.165) is 17.2 Å². The van der Waals surface area contributed by atoms with Gasteiger partial charge in [0.1, 0.15) is 17.8 Å². The van der Waals surface area contributed by atoms with Crippen molar-refractivity contribution in [1.82, 2.24) is 19.8 Å². The number of anilines is 1. The maximum atomic E-state index is 13.4. The molecule has 3 aromatic rings. The van der Waals surface area contributed by atoms with E-state index in [1.165, 1.54) is 37.4 Å². The number of piperidine rings is 1. The summed E-state index contributed by atoms with van der Waals surface area (Å²) in [6.07, 6.45) is -1.86. The summed E-state index contributed by atoms with van der Waals surface area (Å²) in [6.45, 7) is -0.113. The highest BCUT2D eigenvalue weighted by Crippen LogP contribution is 2.28. The van der Waals surface area contributed by atoms with Gasteiger partial charge in [0.2, 0.25) is 0 Å². The lowest BCUT2D eigenvalue weighted by Crippen LogP contribution is -2.49. The second-order valence-corrected chi connectivity index (χ2v) is 12.1. The molecule has 1 amide bonds. The smallest absolute Gasteiger partial charge is 0.406 e. The van der Waals surface area contributed by atoms with E-state index in [-0.39, 0.29) is 33.6 Å². The molecule has 10 nitrogen and oxygen atoms in total. The van der Waals surface area contributed by atoms with Crippen LogP contribution in [0.15, 0.2) is 41.6 Å². The van der Waals surface area contributed by atoms with Crippen molar-refractivity contribution in [1.29, 1.82) is 5.26 Å². The number of carbonyl (C=O) groups excluding carboxylic acids is 1. The van der Waals surface area contributed by atoms with Crippen molar-refractivity contribution >= 4 is 32.5 Å². The number of methoxy groups -OCH3 is 1. The number of rotatable bonds is 7. The molecule has 2 aromatic carbocycles. The lowest BCUT2D eigenvalue weighted by Gasteiger charge is -2.33. The summed E-state index contributed by atoms with van der Waals surface area (Å²) in [4.78, 5) is 19.6. The number of fused-ring (bicyclic) bond motifs is 1. The molecule has 4 rings (SSSR count). The molecule has 1 saturated heterocycles. The van der Waals surface area contributed by atoms with E-state index in [2.05, 4.69) is 33.5 Å². The minimum Gasteiger partial charge on any atom is -0.495 e. The van der Waals surface area contributed by atoms with Gasteiger partial charge in [-0.1, -0.05) is 11.8 Å². The largest absolute Gasteiger partial charge is 0.495 e. The lowest BCUT2D eigenvalue weighted by atomic mass is 9.93. The van der Waals surface area contributed by atoms with E-state index in [4.69, 9.17) is 4.74 Å². The average Bonchev–Trinajstić information content (AvgIpc) is 3.31. The Kier molecular flexibility index (Phi) is 8.99. The Bertz CT molecular complexity index is 1700. The number of amides is 1. The number of ether oxygens (including phenoxy) is 1. The lowest BCUT2D eigenvalue weighted by molar-refractivity contribution is -0.139. The van der Waals surface area contributed by atoms with Gasteiger partial charge < -0.3 is 24.8 Å². The van der Waals surface area contributed by atoms with E-state index < -0.39 is 40.4 Å². The van der Waals surface area contributed by atoms with Gasteiger partial charge in [0.25, 0.3) is 5.91 Å². The number of carbonyl (C=O) groups is 1. The maximum Gasteiger partial charge on any atom is 0.406 e. The van der Waals surface area contributed by atoms with Gasteiger partial charge >= 0.3 is 6.18 Å². The molecule has 0 spiro atoms. The highest BCUT2D eigenvalue weighted by molar-refractivity contribution is 7.90. The van der Waals surface area contributed by atoms with Gasteiger partial charge in [0.05, 0.1) is 53.6 Å². The Balaban J connectivity index is 1.64. The summed E-state index contributed by atoms with van der Waals surface area (Å²) in [5, 5.41) is 15.4. The fourth-order valence-electron chi connectivity index (χ4n) is 4.73. The van der Waals surface area contributed by atoms with E-state index in [9.17, 15) is 31.6 Å². The van der Waals surface area contributed by atoms with Crippen LogP contribution in [0.4, 0.5) is 18.9 Å². The Morgan fingerprint density at radius 3 is 2.69 bits per heavy atom. The number of halogens is 3. The molecule has 222 valence electrons. The SMILES string of the molecule is COc1ccc(S(C)(=O)=O)cc1NCC#Cc1cc(C(=O)N[C@H]2CCN(C)C[C@H]2C#N)c2ncn(CC(F)(F)F)c2c1. The zero-order valence-electron chi connectivity index (χ0n) is 23.1. The number of aromatic nitrogens is 2. The van der Waals surface area contributed by atoms with Crippen molar-refractivity contribution in [2.45, 2.75) is 30.1 Å². The quantitative estimate of drug-likeness (QED) is 0.395. The van der Waals surface area contributed by atoms with Crippen molar-refractivity contribution in [3.63, 3.8) is 0 Å². The molecular formula is C28H29F3N6O4S. The number of hydrogen-bond donors (Lipinski definition) is 2. The summed E-state index contributed by atoms with van der Waals surface area (Å²) in [6, 6.07) is 9.01. The standard InChI is InChI=1S/C28H29F3N6O4S/c1-36-10-8-22(19(14-32)15-36)35-27(38)21-11-18(12-24-26(21)34-17-37(24)16-28(29,30)31)5-4-9-33-23-13-20(42(3,39)40)6-7-25(23)41-2/h6-7,11-13,17,19,22,33H,8-10,15-16H2,1-3H3,(H,35,38)/t19-,22+/m1/s1. The van der Waals surface area contributed by atoms with Crippen molar-refractivity contribution in [3.8, 4) is 23.7 Å². The fourth-order valence-corrected chi connectivity index (χ4v) is 5.38. The molecule has 0 unspecified atom stereocenters. The van der Waals surface area contributed by atoms with Crippen LogP contribution in [0.5, 0.6) is 5.75 Å². The molecule has 1 aliphatic rings. The Morgan fingerprint density at radius 2 is 2.02 bits per heavy atom. The highest BCUT2D eigenvalue weighted by Gasteiger charge is 2.31. The van der Waals surface area contributed by atoms with Crippen LogP contribution >= 0.6 is 0 Å². The van der Waals surface area contributed by atoms with E-state index in [1.807, 2.05) is 11.9 Å². The van der Waals surface area contributed by atoms with Crippen LogP contribution in [-0.4, -0.2) is 81.0 Å². The van der Waals surface area contributed by atoms with Crippen molar-refractivity contribution in [2.75, 3.05) is 45.4 Å². The third-order valence-corrected chi connectivity index (χ3v) is 7.93. The van der Waals surface area contributed by atoms with Crippen molar-refractivity contribution in [2.24, 2.45) is 5.92 Å². The normalized spacial score (nSPS) is 17.6. The molecule has 0 aliphatic carbocycles. The molecule has 1 aliphatic heterocycles. The summed E-state index contributed by atoms with van der Waals surface area (Å²) in [5.41, 5.74) is 0.877. The fraction of sp³-hybridized carbons (Fsp3) is 0.393. The van der Waals surface area contributed by atoms with E-state index in [0.29, 0.717) is 30.9 Å². The van der Waals surface area contributed by atoms with E-state index in [1.54, 1.807) is 0 Å². The van der Waals surface area contributed by atoms with Crippen LogP contribution in [0.25, 0.3) is 11.0 Å². The molecular weight excluding hydrogens is 573 g/mol. The third-order valence-electron chi connectivity index (χ3n) is 6.82. The zero-order chi connectivity index (χ0) is 30.7. The number of sulfone groups is 1. The average molecular weight is 603 g/mol. The minimum atomic E-state index is -4.52. The number of likely N-dealkylation sites (tertiary alicyclic amines) is 1. The van der Waals surface area contributed by atoms with Crippen LogP contribution in [-0.2, 0) is 16.4 Å². The predicted molar refractivity (Wildman–Crippen MR) is 150 cm³/mol.